The van der Waals surface area contributed by atoms with Gasteiger partial charge in [0.1, 0.15) is 18.2 Å². The van der Waals surface area contributed by atoms with E-state index < -0.39 is 6.29 Å². The first-order valence-electron chi connectivity index (χ1n) is 16.2. The normalized spacial score (nSPS) is 13.1. The van der Waals surface area contributed by atoms with Crippen molar-refractivity contribution in [3.8, 4) is 5.75 Å². The van der Waals surface area contributed by atoms with Crippen LogP contribution < -0.4 is 4.74 Å². The number of ether oxygens (including phenoxy) is 2. The highest BCUT2D eigenvalue weighted by Crippen LogP contribution is 2.21. The SMILES string of the molecule is CCCCCCCCCCCCCc1ccc(OC(CC)OC(=O)C(CC)C[N+](C)(C)Cc2ccccc2)cc1. The van der Waals surface area contributed by atoms with E-state index in [1.165, 1.54) is 81.8 Å². The van der Waals surface area contributed by atoms with Crippen LogP contribution >= 0.6 is 0 Å². The summed E-state index contributed by atoms with van der Waals surface area (Å²) in [5, 5.41) is 0. The summed E-state index contributed by atoms with van der Waals surface area (Å²) in [6.45, 7) is 7.94. The summed E-state index contributed by atoms with van der Waals surface area (Å²) in [4.78, 5) is 13.1. The molecule has 224 valence electrons. The Bertz CT molecular complexity index is 909. The van der Waals surface area contributed by atoms with Crippen LogP contribution in [0.1, 0.15) is 115 Å². The van der Waals surface area contributed by atoms with Crippen molar-refractivity contribution in [1.82, 2.24) is 0 Å². The van der Waals surface area contributed by atoms with Gasteiger partial charge in [-0.15, -0.1) is 0 Å². The Morgan fingerprint density at radius 2 is 1.27 bits per heavy atom. The molecule has 0 aliphatic heterocycles. The van der Waals surface area contributed by atoms with Gasteiger partial charge >= 0.3 is 5.97 Å². The Morgan fingerprint density at radius 1 is 0.700 bits per heavy atom. The Morgan fingerprint density at radius 3 is 1.82 bits per heavy atom. The Balaban J connectivity index is 1.69. The Hall–Kier alpha value is -2.33. The summed E-state index contributed by atoms with van der Waals surface area (Å²) in [6, 6.07) is 18.8. The summed E-state index contributed by atoms with van der Waals surface area (Å²) >= 11 is 0. The van der Waals surface area contributed by atoms with Gasteiger partial charge in [-0.1, -0.05) is 127 Å². The molecule has 0 saturated carbocycles. The number of hydrogen-bond acceptors (Lipinski definition) is 3. The fourth-order valence-electron chi connectivity index (χ4n) is 5.41. The Kier molecular flexibility index (Phi) is 16.7. The van der Waals surface area contributed by atoms with Gasteiger partial charge in [0.15, 0.2) is 0 Å². The summed E-state index contributed by atoms with van der Waals surface area (Å²) in [7, 11) is 4.35. The van der Waals surface area contributed by atoms with Gasteiger partial charge in [0.2, 0.25) is 6.29 Å². The first kappa shape index (κ1) is 33.9. The minimum absolute atomic E-state index is 0.162. The van der Waals surface area contributed by atoms with E-state index in [0.717, 1.165) is 36.2 Å². The molecule has 4 nitrogen and oxygen atoms in total. The van der Waals surface area contributed by atoms with Gasteiger partial charge in [-0.25, -0.2) is 0 Å². The highest BCUT2D eigenvalue weighted by molar-refractivity contribution is 5.72. The van der Waals surface area contributed by atoms with Crippen molar-refractivity contribution in [1.29, 1.82) is 0 Å². The molecule has 0 fully saturated rings. The largest absolute Gasteiger partial charge is 0.455 e. The molecule has 0 radical (unpaired) electrons. The molecule has 0 aliphatic rings. The second-order valence-corrected chi connectivity index (χ2v) is 12.2. The maximum absolute atomic E-state index is 13.1. The highest BCUT2D eigenvalue weighted by Gasteiger charge is 2.29. The van der Waals surface area contributed by atoms with E-state index >= 15 is 0 Å². The van der Waals surface area contributed by atoms with Gasteiger partial charge in [-0.05, 0) is 37.0 Å². The smallest absolute Gasteiger partial charge is 0.317 e. The quantitative estimate of drug-likeness (QED) is 0.0631. The molecule has 0 saturated heterocycles. The van der Waals surface area contributed by atoms with E-state index in [9.17, 15) is 4.79 Å². The topological polar surface area (TPSA) is 35.5 Å². The number of benzene rings is 2. The molecule has 0 aromatic heterocycles. The lowest BCUT2D eigenvalue weighted by Crippen LogP contribution is -2.45. The molecule has 0 spiro atoms. The molecule has 0 aliphatic carbocycles. The van der Waals surface area contributed by atoms with Crippen LogP contribution in [-0.2, 0) is 22.5 Å². The average molecular weight is 553 g/mol. The molecule has 2 aromatic carbocycles. The standard InChI is InChI=1S/C36H58NO3/c1-6-9-10-11-12-13-14-15-16-17-19-22-31-25-27-34(28-26-31)39-35(8-3)40-36(38)33(7-2)30-37(4,5)29-32-23-20-18-21-24-32/h18,20-21,23-28,33,35H,6-17,19,22,29-30H2,1-5H3/q+1. The van der Waals surface area contributed by atoms with Crippen LogP contribution in [0, 0.1) is 5.92 Å². The molecule has 2 aromatic rings. The van der Waals surface area contributed by atoms with Gasteiger partial charge in [-0.3, -0.25) is 4.79 Å². The lowest BCUT2D eigenvalue weighted by molar-refractivity contribution is -0.906. The van der Waals surface area contributed by atoms with E-state index in [1.54, 1.807) is 0 Å². The number of unbranched alkanes of at least 4 members (excludes halogenated alkanes) is 10. The van der Waals surface area contributed by atoms with Crippen LogP contribution in [0.2, 0.25) is 0 Å². The second kappa shape index (κ2) is 19.7. The van der Waals surface area contributed by atoms with Gasteiger partial charge in [0.25, 0.3) is 0 Å². The van der Waals surface area contributed by atoms with Crippen LogP contribution in [0.5, 0.6) is 5.75 Å². The summed E-state index contributed by atoms with van der Waals surface area (Å²) in [5.41, 5.74) is 2.62. The van der Waals surface area contributed by atoms with E-state index in [4.69, 9.17) is 9.47 Å². The number of aryl methyl sites for hydroxylation is 1. The van der Waals surface area contributed by atoms with Gasteiger partial charge in [0.05, 0.1) is 20.6 Å². The van der Waals surface area contributed by atoms with Gasteiger partial charge in [-0.2, -0.15) is 0 Å². The zero-order valence-corrected chi connectivity index (χ0v) is 26.3. The van der Waals surface area contributed by atoms with E-state index in [1.807, 2.05) is 25.1 Å². The monoisotopic (exact) mass is 552 g/mol. The first-order valence-corrected chi connectivity index (χ1v) is 16.2. The fourth-order valence-corrected chi connectivity index (χ4v) is 5.41. The average Bonchev–Trinajstić information content (AvgIpc) is 2.95. The lowest BCUT2D eigenvalue weighted by Gasteiger charge is -2.33. The van der Waals surface area contributed by atoms with Gasteiger partial charge in [0, 0.05) is 12.0 Å². The van der Waals surface area contributed by atoms with Crippen molar-refractivity contribution in [3.05, 3.63) is 65.7 Å². The fraction of sp³-hybridized carbons (Fsp3) is 0.639. The molecule has 0 heterocycles. The number of rotatable bonds is 22. The summed E-state index contributed by atoms with van der Waals surface area (Å²) in [6.07, 6.45) is 17.0. The minimum atomic E-state index is -0.566. The maximum atomic E-state index is 13.1. The number of nitrogens with zero attached hydrogens (tertiary/aromatic N) is 1. The molecule has 4 heteroatoms. The van der Waals surface area contributed by atoms with Crippen molar-refractivity contribution in [2.24, 2.45) is 5.92 Å². The van der Waals surface area contributed by atoms with Crippen LogP contribution in [-0.4, -0.2) is 37.4 Å². The maximum Gasteiger partial charge on any atom is 0.317 e. The number of quaternary nitrogens is 1. The van der Waals surface area contributed by atoms with Crippen LogP contribution in [0.3, 0.4) is 0 Å². The molecule has 2 unspecified atom stereocenters. The predicted octanol–water partition coefficient (Wildman–Crippen LogP) is 9.50. The third kappa shape index (κ3) is 14.3. The third-order valence-corrected chi connectivity index (χ3v) is 7.84. The minimum Gasteiger partial charge on any atom is -0.455 e. The molecular weight excluding hydrogens is 494 g/mol. The molecule has 40 heavy (non-hydrogen) atoms. The number of hydrogen-bond donors (Lipinski definition) is 0. The molecule has 0 N–H and O–H groups in total. The summed E-state index contributed by atoms with van der Waals surface area (Å²) < 4.78 is 12.7. The lowest BCUT2D eigenvalue weighted by atomic mass is 10.0. The number of carbonyl (C=O) groups excluding carboxylic acids is 1. The van der Waals surface area contributed by atoms with Crippen molar-refractivity contribution >= 4 is 5.97 Å². The zero-order chi connectivity index (χ0) is 29.1. The highest BCUT2D eigenvalue weighted by atomic mass is 16.7. The van der Waals surface area contributed by atoms with Gasteiger partial charge < -0.3 is 14.0 Å². The first-order chi connectivity index (χ1) is 19.4. The third-order valence-electron chi connectivity index (χ3n) is 7.84. The summed E-state index contributed by atoms with van der Waals surface area (Å²) in [5.74, 6) is 0.432. The van der Waals surface area contributed by atoms with E-state index in [0.29, 0.717) is 6.42 Å². The van der Waals surface area contributed by atoms with Crippen LogP contribution in [0.15, 0.2) is 54.6 Å². The number of carbonyl (C=O) groups is 1. The zero-order valence-electron chi connectivity index (χ0n) is 26.3. The van der Waals surface area contributed by atoms with Crippen molar-refractivity contribution in [3.63, 3.8) is 0 Å². The molecule has 2 atom stereocenters. The van der Waals surface area contributed by atoms with Crippen molar-refractivity contribution < 1.29 is 18.8 Å². The second-order valence-electron chi connectivity index (χ2n) is 12.2. The molecule has 2 rings (SSSR count). The predicted molar refractivity (Wildman–Crippen MR) is 168 cm³/mol. The van der Waals surface area contributed by atoms with Crippen LogP contribution in [0.25, 0.3) is 0 Å². The number of esters is 1. The molecular formula is C36H58NO3+. The molecule has 0 amide bonds. The van der Waals surface area contributed by atoms with Crippen LogP contribution in [0.4, 0.5) is 0 Å². The molecule has 0 bridgehead atoms. The van der Waals surface area contributed by atoms with E-state index in [-0.39, 0.29) is 11.9 Å². The van der Waals surface area contributed by atoms with Crippen molar-refractivity contribution in [2.45, 2.75) is 123 Å². The van der Waals surface area contributed by atoms with Crippen molar-refractivity contribution in [2.75, 3.05) is 20.6 Å². The Labute approximate surface area is 246 Å². The van der Waals surface area contributed by atoms with E-state index in [2.05, 4.69) is 64.3 Å².